The van der Waals surface area contributed by atoms with Gasteiger partial charge in [0.15, 0.2) is 0 Å². The van der Waals surface area contributed by atoms with Gasteiger partial charge in [-0.15, -0.1) is 0 Å². The van der Waals surface area contributed by atoms with Crippen molar-refractivity contribution in [3.05, 3.63) is 72.1 Å². The van der Waals surface area contributed by atoms with Gasteiger partial charge < -0.3 is 0 Å². The second kappa shape index (κ2) is 7.90. The lowest BCUT2D eigenvalue weighted by atomic mass is 10.0. The molecule has 1 aliphatic heterocycles. The molecule has 2 aromatic heterocycles. The normalized spacial score (nSPS) is 15.9. The van der Waals surface area contributed by atoms with Crippen LogP contribution in [-0.4, -0.2) is 31.9 Å². The van der Waals surface area contributed by atoms with Gasteiger partial charge in [0.2, 0.25) is 0 Å². The average Bonchev–Trinajstić information content (AvgIpc) is 3.34. The van der Waals surface area contributed by atoms with Crippen LogP contribution in [0.5, 0.6) is 0 Å². The van der Waals surface area contributed by atoms with E-state index in [0.29, 0.717) is 36.9 Å². The maximum atomic E-state index is 13.6. The van der Waals surface area contributed by atoms with Crippen LogP contribution in [0.2, 0.25) is 0 Å². The molecule has 0 bridgehead atoms. The van der Waals surface area contributed by atoms with E-state index in [1.807, 2.05) is 16.8 Å². The zero-order valence-electron chi connectivity index (χ0n) is 15.6. The number of rotatable bonds is 6. The molecule has 6 nitrogen and oxygen atoms in total. The molecule has 8 heteroatoms. The highest BCUT2D eigenvalue weighted by atomic mass is 19.1. The molecule has 0 saturated carbocycles. The Morgan fingerprint density at radius 3 is 2.83 bits per heavy atom. The molecule has 0 fully saturated rings. The maximum Gasteiger partial charge on any atom is 0.269 e. The quantitative estimate of drug-likeness (QED) is 0.593. The van der Waals surface area contributed by atoms with E-state index in [1.165, 1.54) is 17.1 Å². The molecular weight excluding hydrogens is 376 g/mol. The van der Waals surface area contributed by atoms with Crippen molar-refractivity contribution in [3.63, 3.8) is 0 Å². The Morgan fingerprint density at radius 2 is 2.03 bits per heavy atom. The third-order valence-corrected chi connectivity index (χ3v) is 4.87. The predicted octanol–water partition coefficient (Wildman–Crippen LogP) is 4.01. The van der Waals surface area contributed by atoms with Gasteiger partial charge in [-0.2, -0.15) is 10.2 Å². The minimum absolute atomic E-state index is 0.347. The molecule has 0 aliphatic carbocycles. The maximum absolute atomic E-state index is 13.6. The Labute approximate surface area is 166 Å². The SMILES string of the molecule is C=C(CCCn1ncc2ncccc21)C(=O)N1N=CCC1c1cc(F)cc(F)c1. The predicted molar refractivity (Wildman–Crippen MR) is 105 cm³/mol. The Morgan fingerprint density at radius 1 is 1.24 bits per heavy atom. The van der Waals surface area contributed by atoms with Crippen molar-refractivity contribution in [3.8, 4) is 0 Å². The Bertz CT molecular complexity index is 1090. The second-order valence-corrected chi connectivity index (χ2v) is 6.88. The van der Waals surface area contributed by atoms with Crippen LogP contribution in [0.25, 0.3) is 11.0 Å². The smallest absolute Gasteiger partial charge is 0.268 e. The molecule has 3 aromatic rings. The van der Waals surface area contributed by atoms with Crippen LogP contribution >= 0.6 is 0 Å². The van der Waals surface area contributed by atoms with E-state index in [-0.39, 0.29) is 5.91 Å². The van der Waals surface area contributed by atoms with Crippen molar-refractivity contribution in [1.29, 1.82) is 0 Å². The van der Waals surface area contributed by atoms with Crippen molar-refractivity contribution in [2.45, 2.75) is 31.8 Å². The number of pyridine rings is 1. The minimum Gasteiger partial charge on any atom is -0.268 e. The van der Waals surface area contributed by atoms with Crippen molar-refractivity contribution in [2.24, 2.45) is 5.10 Å². The monoisotopic (exact) mass is 395 g/mol. The van der Waals surface area contributed by atoms with Crippen molar-refractivity contribution >= 4 is 23.2 Å². The summed E-state index contributed by atoms with van der Waals surface area (Å²) in [6.07, 6.45) is 6.50. The van der Waals surface area contributed by atoms with E-state index in [1.54, 1.807) is 18.6 Å². The lowest BCUT2D eigenvalue weighted by Crippen LogP contribution is -2.28. The van der Waals surface area contributed by atoms with Gasteiger partial charge in [0.25, 0.3) is 5.91 Å². The lowest BCUT2D eigenvalue weighted by molar-refractivity contribution is -0.129. The van der Waals surface area contributed by atoms with Gasteiger partial charge >= 0.3 is 0 Å². The van der Waals surface area contributed by atoms with Crippen LogP contribution < -0.4 is 0 Å². The highest BCUT2D eigenvalue weighted by Gasteiger charge is 2.30. The summed E-state index contributed by atoms with van der Waals surface area (Å²) in [5.74, 6) is -1.71. The third kappa shape index (κ3) is 3.91. The number of hydrogen-bond acceptors (Lipinski definition) is 4. The summed E-state index contributed by atoms with van der Waals surface area (Å²) in [6.45, 7) is 4.50. The largest absolute Gasteiger partial charge is 0.269 e. The number of aryl methyl sites for hydroxylation is 1. The van der Waals surface area contributed by atoms with Gasteiger partial charge in [0.1, 0.15) is 17.2 Å². The first-order valence-electron chi connectivity index (χ1n) is 9.29. The van der Waals surface area contributed by atoms with E-state index in [4.69, 9.17) is 0 Å². The van der Waals surface area contributed by atoms with E-state index in [2.05, 4.69) is 21.8 Å². The molecular formula is C21H19F2N5O. The first kappa shape index (κ1) is 18.9. The van der Waals surface area contributed by atoms with E-state index in [0.717, 1.165) is 17.1 Å². The number of fused-ring (bicyclic) bond motifs is 1. The standard InChI is InChI=1S/C21H19F2N5O/c1-14(4-3-9-27-20-5-2-7-24-18(20)13-26-27)21(29)28-19(6-8-25-28)15-10-16(22)12-17(23)11-15/h2,5,7-8,10-13,19H,1,3-4,6,9H2. The second-order valence-electron chi connectivity index (χ2n) is 6.88. The number of hydrazone groups is 1. The summed E-state index contributed by atoms with van der Waals surface area (Å²) in [5, 5.41) is 9.67. The van der Waals surface area contributed by atoms with Crippen LogP contribution in [0.15, 0.2) is 60.0 Å². The molecule has 148 valence electrons. The number of aromatic nitrogens is 3. The molecule has 0 radical (unpaired) electrons. The number of halogens is 2. The fraction of sp³-hybridized carbons (Fsp3) is 0.238. The first-order chi connectivity index (χ1) is 14.0. The third-order valence-electron chi connectivity index (χ3n) is 4.87. The number of amides is 1. The van der Waals surface area contributed by atoms with Crippen LogP contribution in [0, 0.1) is 11.6 Å². The molecule has 1 atom stereocenters. The van der Waals surface area contributed by atoms with Gasteiger partial charge in [-0.25, -0.2) is 13.8 Å². The minimum atomic E-state index is -0.681. The van der Waals surface area contributed by atoms with Crippen molar-refractivity contribution in [2.75, 3.05) is 0 Å². The Hall–Kier alpha value is -3.42. The number of benzene rings is 1. The van der Waals surface area contributed by atoms with Gasteiger partial charge in [-0.3, -0.25) is 14.5 Å². The molecule has 4 rings (SSSR count). The van der Waals surface area contributed by atoms with Crippen LogP contribution in [0.4, 0.5) is 8.78 Å². The average molecular weight is 395 g/mol. The summed E-state index contributed by atoms with van der Waals surface area (Å²) >= 11 is 0. The molecule has 1 aliphatic rings. The van der Waals surface area contributed by atoms with Crippen molar-refractivity contribution < 1.29 is 13.6 Å². The summed E-state index contributed by atoms with van der Waals surface area (Å²) in [6, 6.07) is 6.51. The summed E-state index contributed by atoms with van der Waals surface area (Å²) in [4.78, 5) is 17.0. The molecule has 29 heavy (non-hydrogen) atoms. The van der Waals surface area contributed by atoms with E-state index < -0.39 is 17.7 Å². The van der Waals surface area contributed by atoms with Crippen LogP contribution in [0.3, 0.4) is 0 Å². The fourth-order valence-corrected chi connectivity index (χ4v) is 3.46. The summed E-state index contributed by atoms with van der Waals surface area (Å²) in [5.41, 5.74) is 2.51. The lowest BCUT2D eigenvalue weighted by Gasteiger charge is -2.23. The molecule has 0 saturated heterocycles. The van der Waals surface area contributed by atoms with Crippen molar-refractivity contribution in [1.82, 2.24) is 19.8 Å². The topological polar surface area (TPSA) is 63.4 Å². The molecule has 1 amide bonds. The number of carbonyl (C=O) groups is 1. The highest BCUT2D eigenvalue weighted by Crippen LogP contribution is 2.30. The Balaban J connectivity index is 1.39. The molecule has 1 unspecified atom stereocenters. The van der Waals surface area contributed by atoms with E-state index >= 15 is 0 Å². The number of nitrogens with zero attached hydrogens (tertiary/aromatic N) is 5. The van der Waals surface area contributed by atoms with E-state index in [9.17, 15) is 13.6 Å². The first-order valence-corrected chi connectivity index (χ1v) is 9.29. The molecule has 3 heterocycles. The number of carbonyl (C=O) groups excluding carboxylic acids is 1. The Kier molecular flexibility index (Phi) is 5.16. The highest BCUT2D eigenvalue weighted by molar-refractivity contribution is 5.94. The van der Waals surface area contributed by atoms with Crippen LogP contribution in [-0.2, 0) is 11.3 Å². The summed E-state index contributed by atoms with van der Waals surface area (Å²) in [7, 11) is 0. The van der Waals surface area contributed by atoms with Gasteiger partial charge in [-0.05, 0) is 42.7 Å². The van der Waals surface area contributed by atoms with Gasteiger partial charge in [-0.1, -0.05) is 6.58 Å². The zero-order chi connectivity index (χ0) is 20.4. The zero-order valence-corrected chi connectivity index (χ0v) is 15.6. The molecule has 0 spiro atoms. The van der Waals surface area contributed by atoms with Crippen LogP contribution in [0.1, 0.15) is 30.9 Å². The molecule has 0 N–H and O–H groups in total. The fourth-order valence-electron chi connectivity index (χ4n) is 3.46. The summed E-state index contributed by atoms with van der Waals surface area (Å²) < 4.78 is 29.0. The molecule has 1 aromatic carbocycles. The van der Waals surface area contributed by atoms with Gasteiger partial charge in [0.05, 0.1) is 17.8 Å². The number of hydrogen-bond donors (Lipinski definition) is 0. The van der Waals surface area contributed by atoms with Gasteiger partial charge in [0, 0.05) is 37.0 Å².